The van der Waals surface area contributed by atoms with Gasteiger partial charge in [0.25, 0.3) is 0 Å². The molecule has 0 amide bonds. The summed E-state index contributed by atoms with van der Waals surface area (Å²) in [5.74, 6) is 1.27. The third kappa shape index (κ3) is 5.38. The summed E-state index contributed by atoms with van der Waals surface area (Å²) < 4.78 is 5.63. The average molecular weight is 334 g/mol. The van der Waals surface area contributed by atoms with E-state index in [4.69, 9.17) is 4.42 Å². The van der Waals surface area contributed by atoms with Crippen molar-refractivity contribution in [3.8, 4) is 11.6 Å². The Kier molecular flexibility index (Phi) is 6.10. The number of ketones is 1. The summed E-state index contributed by atoms with van der Waals surface area (Å²) in [7, 11) is 0. The molecule has 0 aliphatic heterocycles. The van der Waals surface area contributed by atoms with Gasteiger partial charge < -0.3 is 4.42 Å². The van der Waals surface area contributed by atoms with Gasteiger partial charge in [-0.2, -0.15) is 0 Å². The SMILES string of the molecule is O=C(CCCCCc1ccccc1)Cc1cnc(-c2ccccn2)o1. The van der Waals surface area contributed by atoms with Crippen LogP contribution >= 0.6 is 0 Å². The number of carbonyl (C=O) groups excluding carboxylic acids is 1. The first-order valence-electron chi connectivity index (χ1n) is 8.73. The number of carbonyl (C=O) groups is 1. The maximum Gasteiger partial charge on any atom is 0.245 e. The molecule has 3 aromatic rings. The molecule has 0 fully saturated rings. The molecule has 2 aromatic heterocycles. The first-order valence-corrected chi connectivity index (χ1v) is 8.73. The highest BCUT2D eigenvalue weighted by Crippen LogP contribution is 2.17. The topological polar surface area (TPSA) is 56.0 Å². The van der Waals surface area contributed by atoms with Crippen LogP contribution in [0.5, 0.6) is 0 Å². The first kappa shape index (κ1) is 17.1. The molecule has 2 heterocycles. The van der Waals surface area contributed by atoms with Gasteiger partial charge in [0.1, 0.15) is 17.2 Å². The van der Waals surface area contributed by atoms with Crippen molar-refractivity contribution in [2.75, 3.05) is 0 Å². The minimum Gasteiger partial charge on any atom is -0.439 e. The molecule has 0 unspecified atom stereocenters. The lowest BCUT2D eigenvalue weighted by molar-refractivity contribution is -0.118. The van der Waals surface area contributed by atoms with E-state index in [0.29, 0.717) is 30.2 Å². The number of Topliss-reactive ketones (excluding diaryl/α,β-unsaturated/α-hetero) is 1. The van der Waals surface area contributed by atoms with Gasteiger partial charge in [-0.1, -0.05) is 42.8 Å². The minimum atomic E-state index is 0.198. The summed E-state index contributed by atoms with van der Waals surface area (Å²) in [6.45, 7) is 0. The van der Waals surface area contributed by atoms with Crippen LogP contribution < -0.4 is 0 Å². The fourth-order valence-corrected chi connectivity index (χ4v) is 2.75. The van der Waals surface area contributed by atoms with Gasteiger partial charge in [0.15, 0.2) is 0 Å². The van der Waals surface area contributed by atoms with Crippen LogP contribution in [0.2, 0.25) is 0 Å². The van der Waals surface area contributed by atoms with Crippen LogP contribution in [-0.2, 0) is 17.6 Å². The molecule has 0 N–H and O–H groups in total. The Morgan fingerprint density at radius 2 is 1.76 bits per heavy atom. The van der Waals surface area contributed by atoms with Crippen molar-refractivity contribution in [1.82, 2.24) is 9.97 Å². The van der Waals surface area contributed by atoms with Crippen LogP contribution in [0, 0.1) is 0 Å². The van der Waals surface area contributed by atoms with Crippen molar-refractivity contribution in [2.24, 2.45) is 0 Å². The fraction of sp³-hybridized carbons (Fsp3) is 0.286. The second-order valence-electron chi connectivity index (χ2n) is 6.11. The Morgan fingerprint density at radius 3 is 2.56 bits per heavy atom. The molecule has 0 bridgehead atoms. The van der Waals surface area contributed by atoms with E-state index in [1.165, 1.54) is 5.56 Å². The van der Waals surface area contributed by atoms with E-state index in [-0.39, 0.29) is 5.78 Å². The first-order chi connectivity index (χ1) is 12.3. The molecule has 0 aliphatic rings. The summed E-state index contributed by atoms with van der Waals surface area (Å²) in [6, 6.07) is 16.0. The van der Waals surface area contributed by atoms with Gasteiger partial charge in [-0.15, -0.1) is 0 Å². The molecule has 0 atom stereocenters. The highest BCUT2D eigenvalue weighted by atomic mass is 16.4. The summed E-state index contributed by atoms with van der Waals surface area (Å²) >= 11 is 0. The Morgan fingerprint density at radius 1 is 0.920 bits per heavy atom. The zero-order valence-electron chi connectivity index (χ0n) is 14.2. The molecule has 0 saturated heterocycles. The van der Waals surface area contributed by atoms with Gasteiger partial charge in [0.05, 0.1) is 12.6 Å². The third-order valence-corrected chi connectivity index (χ3v) is 4.07. The van der Waals surface area contributed by atoms with Crippen molar-refractivity contribution in [3.05, 3.63) is 72.2 Å². The number of aromatic nitrogens is 2. The molecule has 0 aliphatic carbocycles. The number of rotatable bonds is 9. The zero-order valence-corrected chi connectivity index (χ0v) is 14.2. The summed E-state index contributed by atoms with van der Waals surface area (Å²) in [4.78, 5) is 20.5. The molecule has 0 spiro atoms. The van der Waals surface area contributed by atoms with E-state index >= 15 is 0 Å². The van der Waals surface area contributed by atoms with E-state index in [2.05, 4.69) is 34.2 Å². The number of hydrogen-bond acceptors (Lipinski definition) is 4. The molecule has 1 aromatic carbocycles. The van der Waals surface area contributed by atoms with E-state index in [9.17, 15) is 4.79 Å². The number of unbranched alkanes of at least 4 members (excludes halogenated alkanes) is 2. The molecular formula is C21H22N2O2. The molecule has 128 valence electrons. The van der Waals surface area contributed by atoms with Crippen LogP contribution in [0.3, 0.4) is 0 Å². The predicted molar refractivity (Wildman–Crippen MR) is 97.1 cm³/mol. The summed E-state index contributed by atoms with van der Waals surface area (Å²) in [5, 5.41) is 0. The van der Waals surface area contributed by atoms with Crippen LogP contribution in [0.4, 0.5) is 0 Å². The van der Waals surface area contributed by atoms with Gasteiger partial charge in [-0.25, -0.2) is 4.98 Å². The maximum absolute atomic E-state index is 12.1. The maximum atomic E-state index is 12.1. The summed E-state index contributed by atoms with van der Waals surface area (Å²) in [6.07, 6.45) is 8.39. The number of oxazole rings is 1. The molecule has 3 rings (SSSR count). The average Bonchev–Trinajstić information content (AvgIpc) is 3.11. The number of pyridine rings is 1. The van der Waals surface area contributed by atoms with Crippen molar-refractivity contribution >= 4 is 5.78 Å². The van der Waals surface area contributed by atoms with E-state index < -0.39 is 0 Å². The minimum absolute atomic E-state index is 0.198. The van der Waals surface area contributed by atoms with Crippen molar-refractivity contribution in [3.63, 3.8) is 0 Å². The highest BCUT2D eigenvalue weighted by Gasteiger charge is 2.11. The molecule has 0 saturated carbocycles. The van der Waals surface area contributed by atoms with Gasteiger partial charge in [-0.3, -0.25) is 9.78 Å². The Balaban J connectivity index is 1.37. The number of aryl methyl sites for hydroxylation is 1. The van der Waals surface area contributed by atoms with Gasteiger partial charge >= 0.3 is 0 Å². The Hall–Kier alpha value is -2.75. The lowest BCUT2D eigenvalue weighted by Crippen LogP contribution is -2.01. The lowest BCUT2D eigenvalue weighted by Gasteiger charge is -2.01. The van der Waals surface area contributed by atoms with Crippen molar-refractivity contribution in [2.45, 2.75) is 38.5 Å². The Bertz CT molecular complexity index is 782. The second-order valence-corrected chi connectivity index (χ2v) is 6.11. The molecule has 25 heavy (non-hydrogen) atoms. The van der Waals surface area contributed by atoms with Crippen LogP contribution in [0.1, 0.15) is 37.0 Å². The molecule has 4 heteroatoms. The Labute approximate surface area is 147 Å². The van der Waals surface area contributed by atoms with Gasteiger partial charge in [0.2, 0.25) is 5.89 Å². The lowest BCUT2D eigenvalue weighted by atomic mass is 10.0. The monoisotopic (exact) mass is 334 g/mol. The zero-order chi connectivity index (χ0) is 17.3. The standard InChI is InChI=1S/C21H22N2O2/c24-18(12-6-2-5-11-17-9-3-1-4-10-17)15-19-16-23-21(25-19)20-13-7-8-14-22-20/h1,3-4,7-10,13-14,16H,2,5-6,11-12,15H2. The van der Waals surface area contributed by atoms with Crippen LogP contribution in [-0.4, -0.2) is 15.8 Å². The third-order valence-electron chi connectivity index (χ3n) is 4.07. The van der Waals surface area contributed by atoms with Gasteiger partial charge in [0, 0.05) is 12.6 Å². The van der Waals surface area contributed by atoms with Crippen molar-refractivity contribution in [1.29, 1.82) is 0 Å². The molecule has 4 nitrogen and oxygen atoms in total. The normalized spacial score (nSPS) is 10.7. The molecule has 0 radical (unpaired) electrons. The second kappa shape index (κ2) is 8.92. The van der Waals surface area contributed by atoms with Crippen molar-refractivity contribution < 1.29 is 9.21 Å². The fourth-order valence-electron chi connectivity index (χ4n) is 2.75. The van der Waals surface area contributed by atoms with Crippen LogP contribution in [0.25, 0.3) is 11.6 Å². The number of benzene rings is 1. The number of hydrogen-bond donors (Lipinski definition) is 0. The summed E-state index contributed by atoms with van der Waals surface area (Å²) in [5.41, 5.74) is 2.04. The number of nitrogens with zero attached hydrogens (tertiary/aromatic N) is 2. The van der Waals surface area contributed by atoms with E-state index in [1.54, 1.807) is 12.4 Å². The van der Waals surface area contributed by atoms with E-state index in [0.717, 1.165) is 25.7 Å². The van der Waals surface area contributed by atoms with Crippen LogP contribution in [0.15, 0.2) is 65.3 Å². The largest absolute Gasteiger partial charge is 0.439 e. The highest BCUT2D eigenvalue weighted by molar-refractivity contribution is 5.80. The predicted octanol–water partition coefficient (Wildman–Crippen LogP) is 4.65. The quantitative estimate of drug-likeness (QED) is 0.534. The van der Waals surface area contributed by atoms with Gasteiger partial charge in [-0.05, 0) is 37.0 Å². The smallest absolute Gasteiger partial charge is 0.245 e. The van der Waals surface area contributed by atoms with E-state index in [1.807, 2.05) is 24.3 Å². The molecular weight excluding hydrogens is 312 g/mol.